The molecule has 0 saturated carbocycles. The van der Waals surface area contributed by atoms with Gasteiger partial charge in [-0.3, -0.25) is 4.90 Å². The Bertz CT molecular complexity index is 596. The second-order valence-electron chi connectivity index (χ2n) is 4.93. The Labute approximate surface area is 125 Å². The first-order valence-corrected chi connectivity index (χ1v) is 8.06. The van der Waals surface area contributed by atoms with Gasteiger partial charge in [0.05, 0.1) is 0 Å². The predicted molar refractivity (Wildman–Crippen MR) is 80.9 cm³/mol. The summed E-state index contributed by atoms with van der Waals surface area (Å²) in [6.07, 6.45) is 1.08. The molecule has 1 aromatic heterocycles. The number of hydrogen-bond acceptors (Lipinski definition) is 2. The maximum atomic E-state index is 13.9. The third-order valence-electron chi connectivity index (χ3n) is 3.79. The van der Waals surface area contributed by atoms with E-state index in [-0.39, 0.29) is 5.82 Å². The summed E-state index contributed by atoms with van der Waals surface area (Å²) in [5.41, 5.74) is 2.18. The fourth-order valence-corrected chi connectivity index (χ4v) is 3.94. The average Bonchev–Trinajstić information content (AvgIpc) is 2.85. The molecule has 1 atom stereocenters. The molecular weight excluding hydrogens is 325 g/mol. The zero-order chi connectivity index (χ0) is 13.4. The summed E-state index contributed by atoms with van der Waals surface area (Å²) in [6.45, 7) is 3.89. The smallest absolute Gasteiger partial charge is 0.128 e. The van der Waals surface area contributed by atoms with Gasteiger partial charge < -0.3 is 0 Å². The molecule has 0 aliphatic carbocycles. The SMILES string of the molecule is CC1c2ccsc2CCN1Cc1ccc(Br)cc1F. The van der Waals surface area contributed by atoms with Crippen LogP contribution in [0.25, 0.3) is 0 Å². The van der Waals surface area contributed by atoms with Crippen molar-refractivity contribution in [2.24, 2.45) is 0 Å². The van der Waals surface area contributed by atoms with E-state index in [0.29, 0.717) is 12.6 Å². The van der Waals surface area contributed by atoms with Crippen LogP contribution in [-0.2, 0) is 13.0 Å². The Hall–Kier alpha value is -0.710. The third-order valence-corrected chi connectivity index (χ3v) is 5.28. The van der Waals surface area contributed by atoms with Gasteiger partial charge in [-0.25, -0.2) is 4.39 Å². The number of nitrogens with zero attached hydrogens (tertiary/aromatic N) is 1. The lowest BCUT2D eigenvalue weighted by molar-refractivity contribution is 0.189. The number of halogens is 2. The van der Waals surface area contributed by atoms with Gasteiger partial charge in [-0.1, -0.05) is 22.0 Å². The molecule has 1 unspecified atom stereocenters. The first-order valence-electron chi connectivity index (χ1n) is 6.39. The normalized spacial score (nSPS) is 19.4. The molecule has 0 bridgehead atoms. The molecule has 0 spiro atoms. The van der Waals surface area contributed by atoms with Crippen molar-refractivity contribution in [3.05, 3.63) is 55.9 Å². The van der Waals surface area contributed by atoms with E-state index in [1.807, 2.05) is 23.5 Å². The molecule has 1 aromatic carbocycles. The van der Waals surface area contributed by atoms with Crippen LogP contribution in [0.5, 0.6) is 0 Å². The van der Waals surface area contributed by atoms with Crippen LogP contribution in [0.1, 0.15) is 29.0 Å². The Morgan fingerprint density at radius 1 is 1.42 bits per heavy atom. The van der Waals surface area contributed by atoms with E-state index >= 15 is 0 Å². The van der Waals surface area contributed by atoms with Gasteiger partial charge in [-0.15, -0.1) is 11.3 Å². The molecule has 4 heteroatoms. The Kier molecular flexibility index (Phi) is 3.74. The summed E-state index contributed by atoms with van der Waals surface area (Å²) in [6, 6.07) is 7.89. The van der Waals surface area contributed by atoms with Crippen LogP contribution in [0.15, 0.2) is 34.1 Å². The molecule has 1 aliphatic rings. The van der Waals surface area contributed by atoms with E-state index in [4.69, 9.17) is 0 Å². The quantitative estimate of drug-likeness (QED) is 0.761. The van der Waals surface area contributed by atoms with Crippen LogP contribution in [0.3, 0.4) is 0 Å². The van der Waals surface area contributed by atoms with Crippen LogP contribution in [0.4, 0.5) is 4.39 Å². The van der Waals surface area contributed by atoms with E-state index in [9.17, 15) is 4.39 Å². The standard InChI is InChI=1S/C15H15BrFNS/c1-10-13-5-7-19-15(13)4-6-18(10)9-11-2-3-12(16)8-14(11)17/h2-3,5,7-8,10H,4,6,9H2,1H3. The number of fused-ring (bicyclic) bond motifs is 1. The lowest BCUT2D eigenvalue weighted by Crippen LogP contribution is -2.32. The topological polar surface area (TPSA) is 3.24 Å². The lowest BCUT2D eigenvalue weighted by atomic mass is 10.0. The van der Waals surface area contributed by atoms with Gasteiger partial charge in [0.25, 0.3) is 0 Å². The van der Waals surface area contributed by atoms with Crippen LogP contribution >= 0.6 is 27.3 Å². The molecule has 100 valence electrons. The van der Waals surface area contributed by atoms with Crippen molar-refractivity contribution in [3.8, 4) is 0 Å². The minimum atomic E-state index is -0.127. The monoisotopic (exact) mass is 339 g/mol. The number of hydrogen-bond donors (Lipinski definition) is 0. The molecule has 0 radical (unpaired) electrons. The minimum Gasteiger partial charge on any atom is -0.292 e. The van der Waals surface area contributed by atoms with Gasteiger partial charge in [-0.05, 0) is 42.5 Å². The molecule has 0 saturated heterocycles. The van der Waals surface area contributed by atoms with Gasteiger partial charge >= 0.3 is 0 Å². The number of thiophene rings is 1. The molecular formula is C15H15BrFNS. The highest BCUT2D eigenvalue weighted by atomic mass is 79.9. The molecule has 0 fully saturated rings. The largest absolute Gasteiger partial charge is 0.292 e. The van der Waals surface area contributed by atoms with Crippen molar-refractivity contribution in [2.75, 3.05) is 6.54 Å². The average molecular weight is 340 g/mol. The highest BCUT2D eigenvalue weighted by molar-refractivity contribution is 9.10. The van der Waals surface area contributed by atoms with Gasteiger partial charge in [0.15, 0.2) is 0 Å². The van der Waals surface area contributed by atoms with Gasteiger partial charge in [0, 0.05) is 34.0 Å². The van der Waals surface area contributed by atoms with Crippen molar-refractivity contribution in [2.45, 2.75) is 25.9 Å². The van der Waals surface area contributed by atoms with Crippen molar-refractivity contribution in [1.82, 2.24) is 4.90 Å². The van der Waals surface area contributed by atoms with Crippen molar-refractivity contribution in [3.63, 3.8) is 0 Å². The predicted octanol–water partition coefficient (Wildman–Crippen LogP) is 4.77. The zero-order valence-corrected chi connectivity index (χ0v) is 13.1. The number of benzene rings is 1. The van der Waals surface area contributed by atoms with Crippen molar-refractivity contribution < 1.29 is 4.39 Å². The Morgan fingerprint density at radius 2 is 2.26 bits per heavy atom. The van der Waals surface area contributed by atoms with Gasteiger partial charge in [-0.2, -0.15) is 0 Å². The Morgan fingerprint density at radius 3 is 3.05 bits per heavy atom. The van der Waals surface area contributed by atoms with Gasteiger partial charge in [0.2, 0.25) is 0 Å². The summed E-state index contributed by atoms with van der Waals surface area (Å²) in [5, 5.41) is 2.16. The summed E-state index contributed by atoms with van der Waals surface area (Å²) >= 11 is 5.13. The third kappa shape index (κ3) is 2.62. The van der Waals surface area contributed by atoms with Crippen LogP contribution < -0.4 is 0 Å². The molecule has 19 heavy (non-hydrogen) atoms. The lowest BCUT2D eigenvalue weighted by Gasteiger charge is -2.33. The van der Waals surface area contributed by atoms with E-state index in [0.717, 1.165) is 23.0 Å². The minimum absolute atomic E-state index is 0.127. The molecule has 2 aromatic rings. The molecule has 2 heterocycles. The fourth-order valence-electron chi connectivity index (χ4n) is 2.65. The summed E-state index contributed by atoms with van der Waals surface area (Å²) in [7, 11) is 0. The molecule has 0 N–H and O–H groups in total. The highest BCUT2D eigenvalue weighted by Crippen LogP contribution is 2.34. The van der Waals surface area contributed by atoms with E-state index in [1.165, 1.54) is 10.4 Å². The number of rotatable bonds is 2. The van der Waals surface area contributed by atoms with E-state index < -0.39 is 0 Å². The molecule has 1 aliphatic heterocycles. The molecule has 0 amide bonds. The summed E-state index contributed by atoms with van der Waals surface area (Å²) in [4.78, 5) is 3.83. The van der Waals surface area contributed by atoms with E-state index in [1.54, 1.807) is 6.07 Å². The van der Waals surface area contributed by atoms with Crippen molar-refractivity contribution in [1.29, 1.82) is 0 Å². The highest BCUT2D eigenvalue weighted by Gasteiger charge is 2.25. The van der Waals surface area contributed by atoms with E-state index in [2.05, 4.69) is 39.2 Å². The maximum absolute atomic E-state index is 13.9. The maximum Gasteiger partial charge on any atom is 0.128 e. The van der Waals surface area contributed by atoms with Gasteiger partial charge in [0.1, 0.15) is 5.82 Å². The molecule has 3 rings (SSSR count). The zero-order valence-electron chi connectivity index (χ0n) is 10.7. The summed E-state index contributed by atoms with van der Waals surface area (Å²) in [5.74, 6) is -0.127. The fraction of sp³-hybridized carbons (Fsp3) is 0.333. The summed E-state index contributed by atoms with van der Waals surface area (Å²) < 4.78 is 14.7. The molecule has 1 nitrogen and oxygen atoms in total. The first kappa shape index (κ1) is 13.3. The van der Waals surface area contributed by atoms with Crippen molar-refractivity contribution >= 4 is 27.3 Å². The second-order valence-corrected chi connectivity index (χ2v) is 6.85. The second kappa shape index (κ2) is 5.35. The Balaban J connectivity index is 1.81. The van der Waals surface area contributed by atoms with Crippen LogP contribution in [0.2, 0.25) is 0 Å². The van der Waals surface area contributed by atoms with Crippen LogP contribution in [0, 0.1) is 5.82 Å². The first-order chi connectivity index (χ1) is 9.15. The van der Waals surface area contributed by atoms with Crippen LogP contribution in [-0.4, -0.2) is 11.4 Å².